The molecule has 0 unspecified atom stereocenters. The lowest BCUT2D eigenvalue weighted by molar-refractivity contribution is 0.719. The van der Waals surface area contributed by atoms with Crippen LogP contribution in [0.15, 0.2) is 38.5 Å². The van der Waals surface area contributed by atoms with Crippen LogP contribution in [0.3, 0.4) is 0 Å². The van der Waals surface area contributed by atoms with Gasteiger partial charge in [-0.15, -0.1) is 0 Å². The maximum atomic E-state index is 11.6. The maximum absolute atomic E-state index is 11.6. The first kappa shape index (κ1) is 12.9. The van der Waals surface area contributed by atoms with Crippen molar-refractivity contribution in [3.05, 3.63) is 60.3 Å². The monoisotopic (exact) mass is 329 g/mol. The molecule has 2 rings (SSSR count). The van der Waals surface area contributed by atoms with Gasteiger partial charge in [0.25, 0.3) is 5.56 Å². The molecule has 0 aliphatic carbocycles. The van der Waals surface area contributed by atoms with Crippen LogP contribution < -0.4 is 17.0 Å². The molecule has 7 heteroatoms. The summed E-state index contributed by atoms with van der Waals surface area (Å²) in [6.07, 6.45) is 1.30. The van der Waals surface area contributed by atoms with Crippen molar-refractivity contribution < 1.29 is 0 Å². The largest absolute Gasteiger partial charge is 0.398 e. The zero-order valence-electron chi connectivity index (χ0n) is 9.11. The molecule has 18 heavy (non-hydrogen) atoms. The molecular formula is C11H9BrClN3O2. The molecule has 0 fully saturated rings. The molecule has 1 heterocycles. The van der Waals surface area contributed by atoms with Gasteiger partial charge >= 0.3 is 5.69 Å². The van der Waals surface area contributed by atoms with Crippen molar-refractivity contribution in [2.75, 3.05) is 5.73 Å². The van der Waals surface area contributed by atoms with Crippen molar-refractivity contribution in [2.24, 2.45) is 0 Å². The Labute approximate surface area is 115 Å². The summed E-state index contributed by atoms with van der Waals surface area (Å²) >= 11 is 9.03. The van der Waals surface area contributed by atoms with Crippen molar-refractivity contribution in [3.8, 4) is 0 Å². The molecule has 2 aromatic rings. The predicted octanol–water partition coefficient (Wildman–Crippen LogP) is 1.58. The lowest BCUT2D eigenvalue weighted by Crippen LogP contribution is -2.30. The van der Waals surface area contributed by atoms with Gasteiger partial charge in [0.15, 0.2) is 0 Å². The van der Waals surface area contributed by atoms with Gasteiger partial charge in [-0.05, 0) is 27.6 Å². The van der Waals surface area contributed by atoms with Gasteiger partial charge in [-0.2, -0.15) is 0 Å². The normalized spacial score (nSPS) is 10.6. The minimum absolute atomic E-state index is 0.0328. The van der Waals surface area contributed by atoms with Gasteiger partial charge in [0.05, 0.1) is 6.54 Å². The molecule has 0 radical (unpaired) electrons. The fourth-order valence-electron chi connectivity index (χ4n) is 1.51. The van der Waals surface area contributed by atoms with E-state index in [0.29, 0.717) is 5.69 Å². The van der Waals surface area contributed by atoms with Crippen molar-refractivity contribution in [1.82, 2.24) is 9.55 Å². The topological polar surface area (TPSA) is 80.9 Å². The average Bonchev–Trinajstić information content (AvgIpc) is 2.32. The van der Waals surface area contributed by atoms with E-state index >= 15 is 0 Å². The fraction of sp³-hybridized carbons (Fsp3) is 0.0909. The minimum atomic E-state index is -0.593. The summed E-state index contributed by atoms with van der Waals surface area (Å²) < 4.78 is 2.03. The zero-order valence-corrected chi connectivity index (χ0v) is 11.5. The van der Waals surface area contributed by atoms with Gasteiger partial charge in [-0.1, -0.05) is 23.7 Å². The SMILES string of the molecule is Nc1cccc(Cn2cc(Cl)c(=O)[nH]c2=O)c1Br. The molecule has 0 atom stereocenters. The van der Waals surface area contributed by atoms with E-state index in [0.717, 1.165) is 10.0 Å². The third kappa shape index (κ3) is 2.49. The summed E-state index contributed by atoms with van der Waals surface area (Å²) in [5.41, 5.74) is 6.04. The standard InChI is InChI=1S/C11H9BrClN3O2/c12-9-6(2-1-3-8(9)14)4-16-5-7(13)10(17)15-11(16)18/h1-3,5H,4,14H2,(H,15,17,18). The number of benzene rings is 1. The van der Waals surface area contributed by atoms with Crippen LogP contribution in [0.2, 0.25) is 5.02 Å². The minimum Gasteiger partial charge on any atom is -0.398 e. The second kappa shape index (κ2) is 4.99. The van der Waals surface area contributed by atoms with Gasteiger partial charge in [0.2, 0.25) is 0 Å². The average molecular weight is 331 g/mol. The highest BCUT2D eigenvalue weighted by Crippen LogP contribution is 2.24. The molecule has 0 saturated heterocycles. The Morgan fingerprint density at radius 1 is 1.39 bits per heavy atom. The Bertz CT molecular complexity index is 708. The molecule has 0 aliphatic heterocycles. The highest BCUT2D eigenvalue weighted by molar-refractivity contribution is 9.10. The molecule has 0 bridgehead atoms. The van der Waals surface area contributed by atoms with Crippen LogP contribution in [0.25, 0.3) is 0 Å². The lowest BCUT2D eigenvalue weighted by Gasteiger charge is -2.09. The number of anilines is 1. The van der Waals surface area contributed by atoms with Crippen molar-refractivity contribution in [1.29, 1.82) is 0 Å². The molecule has 1 aromatic heterocycles. The van der Waals surface area contributed by atoms with Crippen LogP contribution in [0.4, 0.5) is 5.69 Å². The summed E-state index contributed by atoms with van der Waals surface area (Å²) in [6.45, 7) is 0.265. The summed E-state index contributed by atoms with van der Waals surface area (Å²) in [5, 5.41) is -0.0328. The number of hydrogen-bond acceptors (Lipinski definition) is 3. The first-order chi connectivity index (χ1) is 8.49. The first-order valence-corrected chi connectivity index (χ1v) is 6.18. The fourth-order valence-corrected chi connectivity index (χ4v) is 2.06. The molecule has 0 spiro atoms. The van der Waals surface area contributed by atoms with E-state index in [-0.39, 0.29) is 11.6 Å². The van der Waals surface area contributed by atoms with E-state index in [2.05, 4.69) is 20.9 Å². The second-order valence-corrected chi connectivity index (χ2v) is 4.88. The summed E-state index contributed by atoms with van der Waals surface area (Å²) in [6, 6.07) is 5.36. The zero-order chi connectivity index (χ0) is 13.3. The van der Waals surface area contributed by atoms with Crippen molar-refractivity contribution in [3.63, 3.8) is 0 Å². The van der Waals surface area contributed by atoms with Gasteiger partial charge < -0.3 is 5.73 Å². The van der Waals surface area contributed by atoms with Crippen LogP contribution in [0, 0.1) is 0 Å². The maximum Gasteiger partial charge on any atom is 0.328 e. The third-order valence-electron chi connectivity index (χ3n) is 2.42. The summed E-state index contributed by atoms with van der Waals surface area (Å²) in [5.74, 6) is 0. The highest BCUT2D eigenvalue weighted by atomic mass is 79.9. The van der Waals surface area contributed by atoms with Crippen LogP contribution in [-0.4, -0.2) is 9.55 Å². The number of aromatic nitrogens is 2. The molecule has 0 amide bonds. The van der Waals surface area contributed by atoms with Crippen LogP contribution in [-0.2, 0) is 6.54 Å². The number of H-pyrrole nitrogens is 1. The van der Waals surface area contributed by atoms with E-state index < -0.39 is 11.2 Å². The number of aromatic amines is 1. The highest BCUT2D eigenvalue weighted by Gasteiger charge is 2.07. The number of rotatable bonds is 2. The number of nitrogen functional groups attached to an aromatic ring is 1. The quantitative estimate of drug-likeness (QED) is 0.820. The van der Waals surface area contributed by atoms with Crippen LogP contribution in [0.1, 0.15) is 5.56 Å². The van der Waals surface area contributed by atoms with E-state index in [9.17, 15) is 9.59 Å². The third-order valence-corrected chi connectivity index (χ3v) is 3.65. The number of nitrogens with one attached hydrogen (secondary N) is 1. The Morgan fingerprint density at radius 3 is 2.83 bits per heavy atom. The van der Waals surface area contributed by atoms with Gasteiger partial charge in [-0.3, -0.25) is 14.3 Å². The Kier molecular flexibility index (Phi) is 3.58. The Morgan fingerprint density at radius 2 is 2.11 bits per heavy atom. The van der Waals surface area contributed by atoms with Gasteiger partial charge in [0, 0.05) is 16.4 Å². The number of hydrogen-bond donors (Lipinski definition) is 2. The molecular weight excluding hydrogens is 321 g/mol. The van der Waals surface area contributed by atoms with Crippen LogP contribution >= 0.6 is 27.5 Å². The molecule has 1 aromatic carbocycles. The number of halogens is 2. The van der Waals surface area contributed by atoms with E-state index in [1.165, 1.54) is 10.8 Å². The molecule has 0 aliphatic rings. The van der Waals surface area contributed by atoms with Gasteiger partial charge in [0.1, 0.15) is 5.02 Å². The smallest absolute Gasteiger partial charge is 0.328 e. The number of nitrogens with zero attached hydrogens (tertiary/aromatic N) is 1. The second-order valence-electron chi connectivity index (χ2n) is 3.68. The molecule has 5 nitrogen and oxygen atoms in total. The summed E-state index contributed by atoms with van der Waals surface area (Å²) in [7, 11) is 0. The van der Waals surface area contributed by atoms with Gasteiger partial charge in [-0.25, -0.2) is 4.79 Å². The molecule has 0 saturated carbocycles. The first-order valence-electron chi connectivity index (χ1n) is 5.01. The van der Waals surface area contributed by atoms with Crippen LogP contribution in [0.5, 0.6) is 0 Å². The van der Waals surface area contributed by atoms with E-state index in [1.54, 1.807) is 12.1 Å². The Balaban J connectivity index is 2.47. The van der Waals surface area contributed by atoms with Crippen molar-refractivity contribution in [2.45, 2.75) is 6.54 Å². The Hall–Kier alpha value is -1.53. The van der Waals surface area contributed by atoms with Crippen molar-refractivity contribution >= 4 is 33.2 Å². The number of nitrogens with two attached hydrogens (primary N) is 1. The molecule has 3 N–H and O–H groups in total. The molecule has 94 valence electrons. The predicted molar refractivity (Wildman–Crippen MR) is 74.0 cm³/mol. The lowest BCUT2D eigenvalue weighted by atomic mass is 10.2. The van der Waals surface area contributed by atoms with E-state index in [4.69, 9.17) is 17.3 Å². The summed E-state index contributed by atoms with van der Waals surface area (Å²) in [4.78, 5) is 24.9. The van der Waals surface area contributed by atoms with E-state index in [1.807, 2.05) is 6.07 Å².